The molecular formula is C25H24FN3O2. The Labute approximate surface area is 180 Å². The van der Waals surface area contributed by atoms with Crippen LogP contribution in [-0.4, -0.2) is 22.1 Å². The highest BCUT2D eigenvalue weighted by Crippen LogP contribution is 2.33. The van der Waals surface area contributed by atoms with Crippen molar-refractivity contribution in [3.63, 3.8) is 0 Å². The molecule has 0 bridgehead atoms. The van der Waals surface area contributed by atoms with Gasteiger partial charge in [-0.3, -0.25) is 4.79 Å². The number of rotatable bonds is 6. The first-order valence-electron chi connectivity index (χ1n) is 10.1. The number of ether oxygens (including phenoxy) is 1. The first kappa shape index (κ1) is 20.6. The van der Waals surface area contributed by atoms with Gasteiger partial charge in [-0.15, -0.1) is 0 Å². The molecule has 0 saturated heterocycles. The predicted molar refractivity (Wildman–Crippen MR) is 120 cm³/mol. The van der Waals surface area contributed by atoms with Crippen molar-refractivity contribution >= 4 is 16.9 Å². The molecule has 5 nitrogen and oxygen atoms in total. The number of nitrogens with zero attached hydrogens (tertiary/aromatic N) is 2. The fraction of sp³-hybridized carbons (Fsp3) is 0.200. The molecule has 158 valence electrons. The van der Waals surface area contributed by atoms with Crippen LogP contribution in [-0.2, 0) is 11.3 Å². The molecule has 1 heterocycles. The molecule has 1 amide bonds. The van der Waals surface area contributed by atoms with E-state index < -0.39 is 5.91 Å². The fourth-order valence-corrected chi connectivity index (χ4v) is 4.01. The summed E-state index contributed by atoms with van der Waals surface area (Å²) >= 11 is 0. The van der Waals surface area contributed by atoms with Crippen LogP contribution in [0.15, 0.2) is 54.6 Å². The van der Waals surface area contributed by atoms with Gasteiger partial charge in [0, 0.05) is 0 Å². The third-order valence-electron chi connectivity index (χ3n) is 5.36. The van der Waals surface area contributed by atoms with Crippen molar-refractivity contribution in [3.8, 4) is 17.1 Å². The number of halogens is 1. The third-order valence-corrected chi connectivity index (χ3v) is 5.36. The Morgan fingerprint density at radius 3 is 2.48 bits per heavy atom. The van der Waals surface area contributed by atoms with Crippen LogP contribution in [0.25, 0.3) is 22.4 Å². The average Bonchev–Trinajstić information content (AvgIpc) is 3.06. The molecule has 0 aliphatic carbocycles. The second-order valence-electron chi connectivity index (χ2n) is 7.78. The van der Waals surface area contributed by atoms with Gasteiger partial charge in [-0.1, -0.05) is 29.8 Å². The van der Waals surface area contributed by atoms with Crippen LogP contribution in [0.1, 0.15) is 22.3 Å². The largest absolute Gasteiger partial charge is 0.483 e. The zero-order valence-electron chi connectivity index (χ0n) is 17.8. The number of para-hydroxylation sites is 1. The minimum atomic E-state index is -0.559. The van der Waals surface area contributed by atoms with Gasteiger partial charge in [0.05, 0.1) is 23.1 Å². The van der Waals surface area contributed by atoms with Crippen molar-refractivity contribution < 1.29 is 13.9 Å². The normalized spacial score (nSPS) is 11.1. The summed E-state index contributed by atoms with van der Waals surface area (Å²) in [6.07, 6.45) is 0. The van der Waals surface area contributed by atoms with E-state index in [0.29, 0.717) is 34.7 Å². The second-order valence-corrected chi connectivity index (χ2v) is 7.78. The summed E-state index contributed by atoms with van der Waals surface area (Å²) in [4.78, 5) is 16.0. The molecule has 1 aromatic heterocycles. The standard InChI is InChI=1S/C25H24FN3O2/c1-15-10-16(2)20(17(3)11-15)13-29-22-12-18(26)8-9-21(22)28-25(29)19-6-4-5-7-23(19)31-14-24(27)30/h4-12H,13-14H2,1-3H3,(H2,27,30). The SMILES string of the molecule is Cc1cc(C)c(Cn2c(-c3ccccc3OCC(N)=O)nc3ccc(F)cc32)c(C)c1. The van der Waals surface area contributed by atoms with E-state index in [0.717, 1.165) is 5.56 Å². The summed E-state index contributed by atoms with van der Waals surface area (Å²) in [5.74, 6) is 0.253. The Kier molecular flexibility index (Phi) is 5.46. The summed E-state index contributed by atoms with van der Waals surface area (Å²) in [7, 11) is 0. The number of aromatic nitrogens is 2. The number of hydrogen-bond donors (Lipinski definition) is 1. The zero-order valence-corrected chi connectivity index (χ0v) is 17.8. The van der Waals surface area contributed by atoms with Crippen molar-refractivity contribution in [1.29, 1.82) is 0 Å². The van der Waals surface area contributed by atoms with Crippen molar-refractivity contribution in [2.75, 3.05) is 6.61 Å². The van der Waals surface area contributed by atoms with E-state index in [1.165, 1.54) is 28.8 Å². The molecule has 0 unspecified atom stereocenters. The lowest BCUT2D eigenvalue weighted by Crippen LogP contribution is -2.20. The van der Waals surface area contributed by atoms with Gasteiger partial charge in [-0.2, -0.15) is 0 Å². The van der Waals surface area contributed by atoms with Crippen molar-refractivity contribution in [2.24, 2.45) is 5.73 Å². The van der Waals surface area contributed by atoms with Crippen LogP contribution in [0.4, 0.5) is 4.39 Å². The summed E-state index contributed by atoms with van der Waals surface area (Å²) in [5, 5.41) is 0. The highest BCUT2D eigenvalue weighted by Gasteiger charge is 2.19. The van der Waals surface area contributed by atoms with Crippen LogP contribution in [0, 0.1) is 26.6 Å². The molecule has 0 fully saturated rings. The Bertz CT molecular complexity index is 1270. The first-order valence-corrected chi connectivity index (χ1v) is 10.1. The molecule has 3 aromatic carbocycles. The summed E-state index contributed by atoms with van der Waals surface area (Å²) in [6.45, 7) is 6.53. The van der Waals surface area contributed by atoms with Crippen molar-refractivity contribution in [3.05, 3.63) is 82.7 Å². The molecule has 0 spiro atoms. The molecule has 31 heavy (non-hydrogen) atoms. The Morgan fingerprint density at radius 2 is 1.77 bits per heavy atom. The van der Waals surface area contributed by atoms with Crippen LogP contribution in [0.5, 0.6) is 5.75 Å². The zero-order chi connectivity index (χ0) is 22.1. The maximum Gasteiger partial charge on any atom is 0.255 e. The van der Waals surface area contributed by atoms with E-state index in [1.54, 1.807) is 12.1 Å². The molecular weight excluding hydrogens is 393 g/mol. The quantitative estimate of drug-likeness (QED) is 0.495. The van der Waals surface area contributed by atoms with Gasteiger partial charge in [0.2, 0.25) is 0 Å². The monoisotopic (exact) mass is 417 g/mol. The van der Waals surface area contributed by atoms with E-state index in [4.69, 9.17) is 15.5 Å². The fourth-order valence-electron chi connectivity index (χ4n) is 4.01. The lowest BCUT2D eigenvalue weighted by atomic mass is 9.99. The van der Waals surface area contributed by atoms with Crippen molar-refractivity contribution in [2.45, 2.75) is 27.3 Å². The van der Waals surface area contributed by atoms with Crippen LogP contribution in [0.2, 0.25) is 0 Å². The van der Waals surface area contributed by atoms with Gasteiger partial charge >= 0.3 is 0 Å². The molecule has 4 aromatic rings. The predicted octanol–water partition coefficient (Wildman–Crippen LogP) is 4.68. The lowest BCUT2D eigenvalue weighted by Gasteiger charge is -2.16. The molecule has 2 N–H and O–H groups in total. The average molecular weight is 417 g/mol. The third kappa shape index (κ3) is 4.14. The topological polar surface area (TPSA) is 70.1 Å². The molecule has 0 aliphatic rings. The number of hydrogen-bond acceptors (Lipinski definition) is 3. The second kappa shape index (κ2) is 8.22. The minimum absolute atomic E-state index is 0.234. The molecule has 0 aliphatic heterocycles. The number of primary amides is 1. The van der Waals surface area contributed by atoms with Crippen LogP contribution >= 0.6 is 0 Å². The Morgan fingerprint density at radius 1 is 1.06 bits per heavy atom. The van der Waals surface area contributed by atoms with E-state index in [1.807, 2.05) is 22.8 Å². The summed E-state index contributed by atoms with van der Waals surface area (Å²) < 4.78 is 21.8. The Balaban J connectivity index is 1.91. The van der Waals surface area contributed by atoms with Crippen LogP contribution < -0.4 is 10.5 Å². The number of carbonyl (C=O) groups is 1. The van der Waals surface area contributed by atoms with E-state index >= 15 is 0 Å². The molecule has 0 saturated carbocycles. The lowest BCUT2D eigenvalue weighted by molar-refractivity contribution is -0.119. The number of imidazole rings is 1. The van der Waals surface area contributed by atoms with Gasteiger partial charge in [0.1, 0.15) is 17.4 Å². The van der Waals surface area contributed by atoms with Crippen molar-refractivity contribution in [1.82, 2.24) is 9.55 Å². The first-order chi connectivity index (χ1) is 14.8. The molecule has 0 radical (unpaired) electrons. The minimum Gasteiger partial charge on any atom is -0.483 e. The highest BCUT2D eigenvalue weighted by molar-refractivity contribution is 5.82. The summed E-state index contributed by atoms with van der Waals surface area (Å²) in [6, 6.07) is 16.2. The van der Waals surface area contributed by atoms with E-state index in [2.05, 4.69) is 32.9 Å². The maximum atomic E-state index is 14.2. The number of benzene rings is 3. The Hall–Kier alpha value is -3.67. The number of aryl methyl sites for hydroxylation is 3. The smallest absolute Gasteiger partial charge is 0.255 e. The van der Waals surface area contributed by atoms with Crippen LogP contribution in [0.3, 0.4) is 0 Å². The van der Waals surface area contributed by atoms with Gasteiger partial charge in [-0.05, 0) is 67.8 Å². The molecule has 0 atom stereocenters. The number of amides is 1. The van der Waals surface area contributed by atoms with Gasteiger partial charge in [-0.25, -0.2) is 9.37 Å². The maximum absolute atomic E-state index is 14.2. The molecule has 4 rings (SSSR count). The van der Waals surface area contributed by atoms with Gasteiger partial charge in [0.15, 0.2) is 6.61 Å². The number of nitrogens with two attached hydrogens (primary N) is 1. The molecule has 6 heteroatoms. The van der Waals surface area contributed by atoms with Gasteiger partial charge in [0.25, 0.3) is 5.91 Å². The van der Waals surface area contributed by atoms with E-state index in [-0.39, 0.29) is 12.4 Å². The highest BCUT2D eigenvalue weighted by atomic mass is 19.1. The number of carbonyl (C=O) groups excluding carboxylic acids is 1. The van der Waals surface area contributed by atoms with E-state index in [9.17, 15) is 9.18 Å². The summed E-state index contributed by atoms with van der Waals surface area (Å²) in [5.41, 5.74) is 12.0. The van der Waals surface area contributed by atoms with Gasteiger partial charge < -0.3 is 15.0 Å². The number of fused-ring (bicyclic) bond motifs is 1.